The molecule has 5 nitrogen and oxygen atoms in total. The number of amides is 1. The van der Waals surface area contributed by atoms with Gasteiger partial charge in [0.2, 0.25) is 0 Å². The summed E-state index contributed by atoms with van der Waals surface area (Å²) < 4.78 is 11.9. The minimum absolute atomic E-state index is 0.321. The van der Waals surface area contributed by atoms with Crippen LogP contribution in [-0.4, -0.2) is 30.8 Å². The van der Waals surface area contributed by atoms with E-state index in [1.807, 2.05) is 18.2 Å². The van der Waals surface area contributed by atoms with Crippen molar-refractivity contribution in [2.24, 2.45) is 0 Å². The van der Waals surface area contributed by atoms with E-state index in [9.17, 15) is 9.59 Å². The number of alkyl carbamates (subject to hydrolysis) is 1. The predicted octanol–water partition coefficient (Wildman–Crippen LogP) is 3.66. The van der Waals surface area contributed by atoms with Gasteiger partial charge in [0, 0.05) is 14.5 Å². The van der Waals surface area contributed by atoms with Crippen LogP contribution in [0.2, 0.25) is 0 Å². The average Bonchev–Trinajstić information content (AvgIpc) is 2.33. The second-order valence-electron chi connectivity index (χ2n) is 5.70. The molecule has 7 heteroatoms. The molecule has 0 fully saturated rings. The van der Waals surface area contributed by atoms with Crippen LogP contribution in [0.5, 0.6) is 0 Å². The molecule has 1 aromatic rings. The lowest BCUT2D eigenvalue weighted by Gasteiger charge is -2.22. The molecule has 0 aliphatic rings. The molecular weight excluding hydrogens is 465 g/mol. The number of esters is 1. The second kappa shape index (κ2) is 8.14. The summed E-state index contributed by atoms with van der Waals surface area (Å²) in [4.78, 5) is 23.7. The topological polar surface area (TPSA) is 64.6 Å². The maximum absolute atomic E-state index is 11.9. The molecular formula is C15H19BrINO4. The Bertz CT molecular complexity index is 537. The fourth-order valence-electron chi connectivity index (χ4n) is 1.75. The van der Waals surface area contributed by atoms with Gasteiger partial charge in [0.25, 0.3) is 0 Å². The van der Waals surface area contributed by atoms with Crippen molar-refractivity contribution in [1.29, 1.82) is 0 Å². The minimum atomic E-state index is -0.801. The highest BCUT2D eigenvalue weighted by Gasteiger charge is 2.25. The van der Waals surface area contributed by atoms with Gasteiger partial charge in [0.1, 0.15) is 11.6 Å². The summed E-state index contributed by atoms with van der Waals surface area (Å²) in [6.45, 7) is 5.28. The lowest BCUT2D eigenvalue weighted by Crippen LogP contribution is -2.45. The number of carbonyl (C=O) groups is 2. The van der Waals surface area contributed by atoms with Gasteiger partial charge >= 0.3 is 12.1 Å². The van der Waals surface area contributed by atoms with Crippen molar-refractivity contribution in [3.63, 3.8) is 0 Å². The van der Waals surface area contributed by atoms with Crippen molar-refractivity contribution >= 4 is 50.6 Å². The fraction of sp³-hybridized carbons (Fsp3) is 0.467. The van der Waals surface area contributed by atoms with Gasteiger partial charge in [0.15, 0.2) is 0 Å². The molecule has 0 aliphatic heterocycles. The van der Waals surface area contributed by atoms with Crippen molar-refractivity contribution in [2.45, 2.75) is 38.8 Å². The quantitative estimate of drug-likeness (QED) is 0.524. The van der Waals surface area contributed by atoms with Crippen LogP contribution >= 0.6 is 38.5 Å². The van der Waals surface area contributed by atoms with Gasteiger partial charge in [-0.1, -0.05) is 15.9 Å². The number of benzene rings is 1. The maximum atomic E-state index is 11.9. The first-order chi connectivity index (χ1) is 10.1. The number of methoxy groups -OCH3 is 1. The maximum Gasteiger partial charge on any atom is 0.408 e. The lowest BCUT2D eigenvalue weighted by molar-refractivity contribution is -0.143. The normalized spacial score (nSPS) is 12.5. The molecule has 1 amide bonds. The van der Waals surface area contributed by atoms with Gasteiger partial charge in [-0.15, -0.1) is 0 Å². The molecule has 0 radical (unpaired) electrons. The number of nitrogens with one attached hydrogen (secondary N) is 1. The second-order valence-corrected chi connectivity index (χ2v) is 7.87. The number of hydrogen-bond acceptors (Lipinski definition) is 4. The van der Waals surface area contributed by atoms with Crippen LogP contribution in [0, 0.1) is 3.57 Å². The summed E-state index contributed by atoms with van der Waals surface area (Å²) in [5, 5.41) is 2.56. The number of halogens is 2. The van der Waals surface area contributed by atoms with E-state index >= 15 is 0 Å². The Morgan fingerprint density at radius 3 is 2.45 bits per heavy atom. The molecule has 1 rings (SSSR count). The van der Waals surface area contributed by atoms with Crippen LogP contribution in [0.15, 0.2) is 22.7 Å². The number of hydrogen-bond donors (Lipinski definition) is 1. The van der Waals surface area contributed by atoms with E-state index in [1.165, 1.54) is 7.11 Å². The van der Waals surface area contributed by atoms with Gasteiger partial charge in [-0.2, -0.15) is 0 Å². The van der Waals surface area contributed by atoms with E-state index in [-0.39, 0.29) is 0 Å². The van der Waals surface area contributed by atoms with Crippen LogP contribution < -0.4 is 5.32 Å². The SMILES string of the molecule is COC(=O)[C@H](Cc1cc(Br)cc(I)c1)NC(=O)OC(C)(C)C. The van der Waals surface area contributed by atoms with Gasteiger partial charge in [0.05, 0.1) is 7.11 Å². The van der Waals surface area contributed by atoms with Crippen molar-refractivity contribution in [2.75, 3.05) is 7.11 Å². The van der Waals surface area contributed by atoms with E-state index in [1.54, 1.807) is 20.8 Å². The molecule has 0 saturated heterocycles. The van der Waals surface area contributed by atoms with Crippen LogP contribution in [-0.2, 0) is 20.7 Å². The first-order valence-electron chi connectivity index (χ1n) is 6.63. The summed E-state index contributed by atoms with van der Waals surface area (Å²) >= 11 is 5.60. The minimum Gasteiger partial charge on any atom is -0.467 e. The number of carbonyl (C=O) groups excluding carboxylic acids is 2. The first kappa shape index (κ1) is 19.2. The van der Waals surface area contributed by atoms with Crippen molar-refractivity contribution in [3.8, 4) is 0 Å². The molecule has 0 heterocycles. The van der Waals surface area contributed by atoms with Crippen LogP contribution in [0.4, 0.5) is 4.79 Å². The Kier molecular flexibility index (Phi) is 7.11. The first-order valence-corrected chi connectivity index (χ1v) is 8.50. The van der Waals surface area contributed by atoms with E-state index < -0.39 is 23.7 Å². The zero-order valence-electron chi connectivity index (χ0n) is 12.9. The van der Waals surface area contributed by atoms with Crippen molar-refractivity contribution in [1.82, 2.24) is 5.32 Å². The van der Waals surface area contributed by atoms with Crippen molar-refractivity contribution < 1.29 is 19.1 Å². The summed E-state index contributed by atoms with van der Waals surface area (Å²) in [7, 11) is 1.29. The Balaban J connectivity index is 2.85. The lowest BCUT2D eigenvalue weighted by atomic mass is 10.1. The average molecular weight is 484 g/mol. The molecule has 0 saturated carbocycles. The standard InChI is InChI=1S/C15H19BrINO4/c1-15(2,3)22-14(20)18-12(13(19)21-4)7-9-5-10(16)8-11(17)6-9/h5-6,8,12H,7H2,1-4H3,(H,18,20)/t12-/m0/s1. The van der Waals surface area contributed by atoms with Crippen LogP contribution in [0.25, 0.3) is 0 Å². The summed E-state index contributed by atoms with van der Waals surface area (Å²) in [6, 6.07) is 5.00. The molecule has 0 aliphatic carbocycles. The zero-order valence-corrected chi connectivity index (χ0v) is 16.6. The van der Waals surface area contributed by atoms with E-state index in [0.717, 1.165) is 13.6 Å². The highest BCUT2D eigenvalue weighted by atomic mass is 127. The Hall–Kier alpha value is -0.830. The molecule has 1 atom stereocenters. The van der Waals surface area contributed by atoms with E-state index in [2.05, 4.69) is 43.8 Å². The highest BCUT2D eigenvalue weighted by molar-refractivity contribution is 14.1. The summed E-state index contributed by atoms with van der Waals surface area (Å²) in [5.41, 5.74) is 0.279. The van der Waals surface area contributed by atoms with Gasteiger partial charge in [-0.25, -0.2) is 9.59 Å². The molecule has 0 unspecified atom stereocenters. The fourth-order valence-corrected chi connectivity index (χ4v) is 3.45. The summed E-state index contributed by atoms with van der Waals surface area (Å²) in [5.74, 6) is -0.513. The Morgan fingerprint density at radius 2 is 1.95 bits per heavy atom. The third-order valence-corrected chi connectivity index (χ3v) is 3.62. The van der Waals surface area contributed by atoms with Gasteiger partial charge in [-0.05, 0) is 67.1 Å². The molecule has 0 aromatic heterocycles. The van der Waals surface area contributed by atoms with Gasteiger partial charge < -0.3 is 14.8 Å². The Morgan fingerprint density at radius 1 is 1.32 bits per heavy atom. The van der Waals surface area contributed by atoms with E-state index in [4.69, 9.17) is 9.47 Å². The zero-order chi connectivity index (χ0) is 16.9. The highest BCUT2D eigenvalue weighted by Crippen LogP contribution is 2.19. The van der Waals surface area contributed by atoms with Crippen molar-refractivity contribution in [3.05, 3.63) is 31.8 Å². The molecule has 22 heavy (non-hydrogen) atoms. The molecule has 0 spiro atoms. The monoisotopic (exact) mass is 483 g/mol. The van der Waals surface area contributed by atoms with E-state index in [0.29, 0.717) is 6.42 Å². The molecule has 1 N–H and O–H groups in total. The largest absolute Gasteiger partial charge is 0.467 e. The molecule has 1 aromatic carbocycles. The number of rotatable bonds is 4. The molecule has 0 bridgehead atoms. The van der Waals surface area contributed by atoms with Crippen LogP contribution in [0.3, 0.4) is 0 Å². The predicted molar refractivity (Wildman–Crippen MR) is 95.7 cm³/mol. The summed E-state index contributed by atoms with van der Waals surface area (Å²) in [6.07, 6.45) is -0.325. The third kappa shape index (κ3) is 6.95. The Labute approximate surface area is 152 Å². The smallest absolute Gasteiger partial charge is 0.408 e. The molecule has 122 valence electrons. The third-order valence-electron chi connectivity index (χ3n) is 2.54. The van der Waals surface area contributed by atoms with Crippen LogP contribution in [0.1, 0.15) is 26.3 Å². The number of ether oxygens (including phenoxy) is 2. The van der Waals surface area contributed by atoms with Gasteiger partial charge in [-0.3, -0.25) is 0 Å².